The van der Waals surface area contributed by atoms with Crippen LogP contribution in [0.4, 0.5) is 0 Å². The molecule has 0 aromatic carbocycles. The highest BCUT2D eigenvalue weighted by Crippen LogP contribution is 2.02. The van der Waals surface area contributed by atoms with Crippen LogP contribution in [0.25, 0.3) is 0 Å². The van der Waals surface area contributed by atoms with E-state index in [-0.39, 0.29) is 15.4 Å². The second-order valence-electron chi connectivity index (χ2n) is 4.17. The molecule has 0 aromatic rings. The van der Waals surface area contributed by atoms with Crippen LogP contribution < -0.4 is 0 Å². The molecular weight excluding hydrogens is 276 g/mol. The summed E-state index contributed by atoms with van der Waals surface area (Å²) in [5.41, 5.74) is 0. The Morgan fingerprint density at radius 1 is 1.12 bits per heavy atom. The van der Waals surface area contributed by atoms with Gasteiger partial charge in [-0.05, 0) is 10.8 Å². The summed E-state index contributed by atoms with van der Waals surface area (Å²) in [6.45, 7) is 4.53. The number of hydrogen-bond donors (Lipinski definition) is 2. The van der Waals surface area contributed by atoms with E-state index >= 15 is 0 Å². The molecule has 0 saturated carbocycles. The van der Waals surface area contributed by atoms with E-state index in [1.54, 1.807) is 21.3 Å². The molecule has 0 bridgehead atoms. The molecule has 0 fully saturated rings. The molecule has 0 spiro atoms. The van der Waals surface area contributed by atoms with E-state index in [9.17, 15) is 0 Å². The van der Waals surface area contributed by atoms with Crippen molar-refractivity contribution in [1.29, 1.82) is 0 Å². The Morgan fingerprint density at radius 2 is 1.62 bits per heavy atom. The van der Waals surface area contributed by atoms with Gasteiger partial charge in [0.2, 0.25) is 0 Å². The van der Waals surface area contributed by atoms with Crippen LogP contribution in [0, 0.1) is 0 Å². The van der Waals surface area contributed by atoms with Gasteiger partial charge < -0.3 is 14.2 Å². The Bertz CT molecular complexity index is 147. The van der Waals surface area contributed by atoms with Gasteiger partial charge in [0, 0.05) is 27.6 Å². The molecule has 0 N–H and O–H groups in total. The van der Waals surface area contributed by atoms with Gasteiger partial charge in [0.15, 0.2) is 0 Å². The molecule has 0 saturated heterocycles. The van der Waals surface area contributed by atoms with Crippen molar-refractivity contribution in [2.45, 2.75) is 19.0 Å². The van der Waals surface area contributed by atoms with Crippen molar-refractivity contribution in [3.05, 3.63) is 0 Å². The summed E-state index contributed by atoms with van der Waals surface area (Å²) in [4.78, 5) is 0. The summed E-state index contributed by atoms with van der Waals surface area (Å²) in [5, 5.41) is 1.95. The number of hydrogen-bond acceptors (Lipinski definition) is 5. The van der Waals surface area contributed by atoms with E-state index < -0.39 is 8.07 Å². The Labute approximate surface area is 114 Å². The molecule has 7 heteroatoms. The van der Waals surface area contributed by atoms with E-state index in [1.165, 1.54) is 0 Å². The van der Waals surface area contributed by atoms with Crippen molar-refractivity contribution in [2.75, 3.05) is 38.3 Å². The van der Waals surface area contributed by atoms with E-state index in [0.29, 0.717) is 0 Å². The highest BCUT2D eigenvalue weighted by atomic mass is 32.1. The molecule has 0 unspecified atom stereocenters. The summed E-state index contributed by atoms with van der Waals surface area (Å²) in [6, 6.07) is 0. The Balaban J connectivity index is 0. The fourth-order valence-corrected chi connectivity index (χ4v) is 3.34. The van der Waals surface area contributed by atoms with Crippen molar-refractivity contribution >= 4 is 42.9 Å². The highest BCUT2D eigenvalue weighted by Gasteiger charge is 2.17. The third-order valence-corrected chi connectivity index (χ3v) is 8.52. The topological polar surface area (TPSA) is 27.7 Å². The molecule has 0 heterocycles. The van der Waals surface area contributed by atoms with Crippen LogP contribution in [0.1, 0.15) is 0 Å². The molecule has 0 aromatic heterocycles. The smallest absolute Gasteiger partial charge is 0.135 e. The first-order chi connectivity index (χ1) is 7.47. The first-order valence-electron chi connectivity index (χ1n) is 5.23. The third kappa shape index (κ3) is 13.1. The maximum atomic E-state index is 5.01. The predicted molar refractivity (Wildman–Crippen MR) is 83.4 cm³/mol. The number of ether oxygens (including phenoxy) is 3. The normalized spacial score (nSPS) is 12.0. The first-order valence-corrected chi connectivity index (χ1v) is 11.7. The van der Waals surface area contributed by atoms with Gasteiger partial charge in [-0.15, -0.1) is 0 Å². The largest absolute Gasteiger partial charge is 0.388 e. The standard InChI is InChI=1S/C5H14OSSi.C4H12O2SSi/c1-6-4-8(2,3)5-7;1-5-4(6-2)8-3-7/h7H,4-5H2,1-3H3;4,7H,3,8H2,1-2H3. The lowest BCUT2D eigenvalue weighted by Gasteiger charge is -2.16. The summed E-state index contributed by atoms with van der Waals surface area (Å²) >= 11 is 8.29. The molecule has 0 atom stereocenters. The van der Waals surface area contributed by atoms with Crippen molar-refractivity contribution in [2.24, 2.45) is 0 Å². The van der Waals surface area contributed by atoms with Crippen LogP contribution in [-0.4, -0.2) is 61.8 Å². The van der Waals surface area contributed by atoms with Crippen molar-refractivity contribution in [3.8, 4) is 0 Å². The summed E-state index contributed by atoms with van der Waals surface area (Å²) in [6.07, 6.45) is 0.927. The SMILES string of the molecule is COC(OC)[SiH2]CS.COC[Si](C)(C)CS. The van der Waals surface area contributed by atoms with Gasteiger partial charge in [0.1, 0.15) is 5.91 Å². The Morgan fingerprint density at radius 3 is 1.75 bits per heavy atom. The van der Waals surface area contributed by atoms with E-state index in [2.05, 4.69) is 38.4 Å². The third-order valence-electron chi connectivity index (χ3n) is 1.85. The Kier molecular flexibility index (Phi) is 15.1. The van der Waals surface area contributed by atoms with Crippen LogP contribution >= 0.6 is 25.3 Å². The van der Waals surface area contributed by atoms with Crippen molar-refractivity contribution < 1.29 is 14.2 Å². The molecule has 0 aliphatic carbocycles. The molecule has 0 amide bonds. The van der Waals surface area contributed by atoms with Gasteiger partial charge in [0.05, 0.1) is 17.6 Å². The maximum absolute atomic E-state index is 5.01. The van der Waals surface area contributed by atoms with Crippen molar-refractivity contribution in [1.82, 2.24) is 0 Å². The lowest BCUT2D eigenvalue weighted by molar-refractivity contribution is -0.0436. The second kappa shape index (κ2) is 12.5. The highest BCUT2D eigenvalue weighted by molar-refractivity contribution is 7.82. The Hall–Kier alpha value is 1.01. The van der Waals surface area contributed by atoms with Crippen LogP contribution in [0.15, 0.2) is 0 Å². The molecule has 100 valence electrons. The molecule has 16 heavy (non-hydrogen) atoms. The zero-order valence-electron chi connectivity index (χ0n) is 11.0. The van der Waals surface area contributed by atoms with E-state index in [0.717, 1.165) is 17.0 Å². The molecular formula is C9H26O3S2Si2. The number of thiol groups is 2. The molecule has 0 aliphatic rings. The minimum absolute atomic E-state index is 0.0625. The van der Waals surface area contributed by atoms with Crippen LogP contribution in [0.5, 0.6) is 0 Å². The molecule has 0 aliphatic heterocycles. The minimum atomic E-state index is -1.04. The van der Waals surface area contributed by atoms with E-state index in [1.807, 2.05) is 0 Å². The lowest BCUT2D eigenvalue weighted by atomic mass is 11.3. The fourth-order valence-electron chi connectivity index (χ4n) is 0.874. The monoisotopic (exact) mass is 302 g/mol. The maximum Gasteiger partial charge on any atom is 0.135 e. The minimum Gasteiger partial charge on any atom is -0.388 e. The van der Waals surface area contributed by atoms with Gasteiger partial charge in [-0.2, -0.15) is 25.3 Å². The van der Waals surface area contributed by atoms with Crippen molar-refractivity contribution in [3.63, 3.8) is 0 Å². The fraction of sp³-hybridized carbons (Fsp3) is 1.00. The van der Waals surface area contributed by atoms with Gasteiger partial charge in [-0.3, -0.25) is 0 Å². The lowest BCUT2D eigenvalue weighted by Crippen LogP contribution is -2.34. The summed E-state index contributed by atoms with van der Waals surface area (Å²) in [5.74, 6) is 0.0625. The van der Waals surface area contributed by atoms with Gasteiger partial charge in [0.25, 0.3) is 0 Å². The average molecular weight is 303 g/mol. The van der Waals surface area contributed by atoms with Gasteiger partial charge >= 0.3 is 0 Å². The van der Waals surface area contributed by atoms with Gasteiger partial charge in [-0.1, -0.05) is 13.1 Å². The zero-order valence-corrected chi connectivity index (χ0v) is 15.2. The molecule has 3 nitrogen and oxygen atoms in total. The van der Waals surface area contributed by atoms with Gasteiger partial charge in [-0.25, -0.2) is 0 Å². The van der Waals surface area contributed by atoms with Crippen LogP contribution in [0.2, 0.25) is 13.1 Å². The molecule has 0 radical (unpaired) electrons. The zero-order chi connectivity index (χ0) is 13.0. The quantitative estimate of drug-likeness (QED) is 0.417. The average Bonchev–Trinajstić information content (AvgIpc) is 2.27. The summed E-state index contributed by atoms with van der Waals surface area (Å²) < 4.78 is 14.9. The van der Waals surface area contributed by atoms with E-state index in [4.69, 9.17) is 14.2 Å². The summed E-state index contributed by atoms with van der Waals surface area (Å²) in [7, 11) is 3.78. The van der Waals surface area contributed by atoms with Crippen LogP contribution in [-0.2, 0) is 14.2 Å². The first kappa shape index (κ1) is 19.4. The molecule has 0 rings (SSSR count). The number of rotatable bonds is 7. The van der Waals surface area contributed by atoms with Crippen LogP contribution in [0.3, 0.4) is 0 Å². The predicted octanol–water partition coefficient (Wildman–Crippen LogP) is 0.968. The number of methoxy groups -OCH3 is 3. The second-order valence-corrected chi connectivity index (χ2v) is 13.1.